The monoisotopic (exact) mass is 313 g/mol. The molecule has 1 heterocycles. The van der Waals surface area contributed by atoms with E-state index in [0.29, 0.717) is 12.5 Å². The Balaban J connectivity index is 2.43. The highest BCUT2D eigenvalue weighted by atomic mass is 15.1. The Morgan fingerprint density at radius 2 is 2.17 bits per heavy atom. The number of nitrogens with two attached hydrogens (primary N) is 1. The summed E-state index contributed by atoms with van der Waals surface area (Å²) in [6.07, 6.45) is 6.08. The molecule has 124 valence electrons. The van der Waals surface area contributed by atoms with Crippen LogP contribution in [0.3, 0.4) is 0 Å². The largest absolute Gasteiger partial charge is 0.375 e. The van der Waals surface area contributed by atoms with E-state index in [4.69, 9.17) is 11.1 Å². The van der Waals surface area contributed by atoms with Gasteiger partial charge in [0.15, 0.2) is 0 Å². The van der Waals surface area contributed by atoms with Gasteiger partial charge in [-0.2, -0.15) is 0 Å². The Morgan fingerprint density at radius 3 is 2.78 bits per heavy atom. The van der Waals surface area contributed by atoms with Crippen LogP contribution in [0, 0.1) is 11.3 Å². The van der Waals surface area contributed by atoms with Crippen molar-refractivity contribution in [1.82, 2.24) is 9.88 Å². The van der Waals surface area contributed by atoms with Crippen molar-refractivity contribution in [2.45, 2.75) is 26.8 Å². The fourth-order valence-corrected chi connectivity index (χ4v) is 2.77. The highest BCUT2D eigenvalue weighted by Gasteiger charge is 2.10. The van der Waals surface area contributed by atoms with Crippen molar-refractivity contribution < 1.29 is 0 Å². The summed E-state index contributed by atoms with van der Waals surface area (Å²) in [4.78, 5) is 0. The maximum Gasteiger partial charge on any atom is 0.104 e. The normalized spacial score (nSPS) is 12.0. The quantitative estimate of drug-likeness (QED) is 0.566. The lowest BCUT2D eigenvalue weighted by molar-refractivity contribution is 0.534. The molecule has 0 saturated heterocycles. The molecule has 0 aliphatic heterocycles. The number of allylic oxidation sites excluding steroid dienone is 1. The lowest BCUT2D eigenvalue weighted by atomic mass is 10.1. The van der Waals surface area contributed by atoms with Gasteiger partial charge in [0, 0.05) is 37.1 Å². The molecule has 0 aliphatic carbocycles. The first-order chi connectivity index (χ1) is 11.1. The molecule has 0 unspecified atom stereocenters. The highest BCUT2D eigenvalue weighted by molar-refractivity contribution is 5.87. The molecule has 0 radical (unpaired) electrons. The van der Waals surface area contributed by atoms with Crippen LogP contribution in [0.4, 0.5) is 5.69 Å². The smallest absolute Gasteiger partial charge is 0.104 e. The molecule has 1 aromatic carbocycles. The maximum atomic E-state index is 7.20. The number of nitrogens with zero attached hydrogens (tertiary/aromatic N) is 1. The average Bonchev–Trinajstić information content (AvgIpc) is 2.84. The summed E-state index contributed by atoms with van der Waals surface area (Å²) in [7, 11) is 1.83. The van der Waals surface area contributed by atoms with Crippen molar-refractivity contribution in [2.24, 2.45) is 11.7 Å². The van der Waals surface area contributed by atoms with E-state index in [0.717, 1.165) is 24.5 Å². The van der Waals surface area contributed by atoms with E-state index in [2.05, 4.69) is 53.4 Å². The molecule has 0 bridgehead atoms. The Labute approximate surface area is 138 Å². The molecule has 2 rings (SSSR count). The number of anilines is 1. The van der Waals surface area contributed by atoms with Gasteiger partial charge < -0.3 is 26.3 Å². The molecule has 0 fully saturated rings. The fourth-order valence-electron chi connectivity index (χ4n) is 2.77. The van der Waals surface area contributed by atoms with Crippen LogP contribution in [0.2, 0.25) is 0 Å². The minimum atomic E-state index is 0.582. The van der Waals surface area contributed by atoms with Gasteiger partial charge in [0.1, 0.15) is 5.82 Å². The molecule has 1 aromatic heterocycles. The van der Waals surface area contributed by atoms with E-state index in [9.17, 15) is 0 Å². The SMILES string of the molecule is CN/C(=C\C=N)Nc1ccc2c(CCN)cn(CC(C)C)c2c1. The predicted octanol–water partition coefficient (Wildman–Crippen LogP) is 2.92. The zero-order chi connectivity index (χ0) is 16.8. The third-order valence-corrected chi connectivity index (χ3v) is 3.74. The number of aromatic nitrogens is 1. The van der Waals surface area contributed by atoms with Gasteiger partial charge in [0.25, 0.3) is 0 Å². The summed E-state index contributed by atoms with van der Waals surface area (Å²) in [5.41, 5.74) is 9.28. The summed E-state index contributed by atoms with van der Waals surface area (Å²) < 4.78 is 2.32. The first-order valence-electron chi connectivity index (χ1n) is 8.06. The van der Waals surface area contributed by atoms with Gasteiger partial charge in [-0.3, -0.25) is 0 Å². The topological polar surface area (TPSA) is 78.9 Å². The van der Waals surface area contributed by atoms with Crippen LogP contribution >= 0.6 is 0 Å². The molecule has 23 heavy (non-hydrogen) atoms. The molecular weight excluding hydrogens is 286 g/mol. The van der Waals surface area contributed by atoms with Gasteiger partial charge in [-0.15, -0.1) is 0 Å². The van der Waals surface area contributed by atoms with E-state index in [1.807, 2.05) is 7.05 Å². The van der Waals surface area contributed by atoms with Crippen molar-refractivity contribution in [3.63, 3.8) is 0 Å². The maximum absolute atomic E-state index is 7.20. The first kappa shape index (κ1) is 17.1. The molecule has 5 heteroatoms. The molecule has 0 atom stereocenters. The fraction of sp³-hybridized carbons (Fsp3) is 0.389. The van der Waals surface area contributed by atoms with E-state index >= 15 is 0 Å². The standard InChI is InChI=1S/C18H27N5/c1-13(2)11-23-12-14(6-8-19)16-5-4-15(10-17(16)23)22-18(21-3)7-9-20/h4-5,7,9-10,12-13,20-22H,6,8,11,19H2,1-3H3/b18-7+,20-9?. The van der Waals surface area contributed by atoms with Crippen LogP contribution in [-0.2, 0) is 13.0 Å². The minimum absolute atomic E-state index is 0.582. The first-order valence-corrected chi connectivity index (χ1v) is 8.06. The molecule has 0 saturated carbocycles. The Bertz CT molecular complexity index is 697. The van der Waals surface area contributed by atoms with Crippen LogP contribution in [0.25, 0.3) is 10.9 Å². The van der Waals surface area contributed by atoms with E-state index in [1.54, 1.807) is 6.08 Å². The number of fused-ring (bicyclic) bond motifs is 1. The summed E-state index contributed by atoms with van der Waals surface area (Å²) in [5, 5.41) is 14.8. The van der Waals surface area contributed by atoms with Crippen LogP contribution in [0.5, 0.6) is 0 Å². The Hall–Kier alpha value is -2.27. The van der Waals surface area contributed by atoms with Gasteiger partial charge in [0.2, 0.25) is 0 Å². The lowest BCUT2D eigenvalue weighted by Gasteiger charge is -2.12. The van der Waals surface area contributed by atoms with Gasteiger partial charge in [-0.05, 0) is 42.7 Å². The van der Waals surface area contributed by atoms with Crippen molar-refractivity contribution in [3.8, 4) is 0 Å². The molecule has 5 nitrogen and oxygen atoms in total. The third kappa shape index (κ3) is 4.13. The zero-order valence-corrected chi connectivity index (χ0v) is 14.2. The summed E-state index contributed by atoms with van der Waals surface area (Å²) >= 11 is 0. The lowest BCUT2D eigenvalue weighted by Crippen LogP contribution is -2.14. The average molecular weight is 313 g/mol. The summed E-state index contributed by atoms with van der Waals surface area (Å²) in [6, 6.07) is 6.38. The van der Waals surface area contributed by atoms with Crippen molar-refractivity contribution in [3.05, 3.63) is 41.9 Å². The second-order valence-corrected chi connectivity index (χ2v) is 6.09. The van der Waals surface area contributed by atoms with Crippen molar-refractivity contribution in [2.75, 3.05) is 18.9 Å². The molecule has 0 spiro atoms. The van der Waals surface area contributed by atoms with Crippen molar-refractivity contribution in [1.29, 1.82) is 5.41 Å². The van der Waals surface area contributed by atoms with Gasteiger partial charge >= 0.3 is 0 Å². The minimum Gasteiger partial charge on any atom is -0.375 e. The van der Waals surface area contributed by atoms with Crippen LogP contribution < -0.4 is 16.4 Å². The molecule has 0 amide bonds. The molecular formula is C18H27N5. The van der Waals surface area contributed by atoms with Crippen LogP contribution in [-0.4, -0.2) is 24.4 Å². The number of hydrogen-bond donors (Lipinski definition) is 4. The number of rotatable bonds is 8. The summed E-state index contributed by atoms with van der Waals surface area (Å²) in [6.45, 7) is 6.09. The Morgan fingerprint density at radius 1 is 1.39 bits per heavy atom. The Kier molecular flexibility index (Phi) is 5.82. The van der Waals surface area contributed by atoms with E-state index in [1.165, 1.54) is 22.7 Å². The van der Waals surface area contributed by atoms with E-state index < -0.39 is 0 Å². The molecule has 0 aliphatic rings. The second kappa shape index (κ2) is 7.83. The van der Waals surface area contributed by atoms with Gasteiger partial charge in [-0.25, -0.2) is 0 Å². The molecule has 5 N–H and O–H groups in total. The molecule has 2 aromatic rings. The number of benzene rings is 1. The number of hydrogen-bond acceptors (Lipinski definition) is 4. The van der Waals surface area contributed by atoms with Crippen molar-refractivity contribution >= 4 is 22.8 Å². The number of nitrogens with one attached hydrogen (secondary N) is 3. The highest BCUT2D eigenvalue weighted by Crippen LogP contribution is 2.26. The van der Waals surface area contributed by atoms with Gasteiger partial charge in [-0.1, -0.05) is 19.9 Å². The van der Waals surface area contributed by atoms with E-state index in [-0.39, 0.29) is 0 Å². The van der Waals surface area contributed by atoms with Crippen LogP contribution in [0.15, 0.2) is 36.3 Å². The third-order valence-electron chi connectivity index (χ3n) is 3.74. The summed E-state index contributed by atoms with van der Waals surface area (Å²) in [5.74, 6) is 1.38. The predicted molar refractivity (Wildman–Crippen MR) is 99.1 cm³/mol. The van der Waals surface area contributed by atoms with Crippen LogP contribution in [0.1, 0.15) is 19.4 Å². The second-order valence-electron chi connectivity index (χ2n) is 6.09. The van der Waals surface area contributed by atoms with Gasteiger partial charge in [0.05, 0.1) is 5.52 Å². The zero-order valence-electron chi connectivity index (χ0n) is 14.2.